The second-order valence-electron chi connectivity index (χ2n) is 10.0. The summed E-state index contributed by atoms with van der Waals surface area (Å²) in [4.78, 5) is 5.06. The van der Waals surface area contributed by atoms with E-state index in [4.69, 9.17) is 4.98 Å². The van der Waals surface area contributed by atoms with Crippen LogP contribution in [-0.2, 0) is 6.42 Å². The van der Waals surface area contributed by atoms with Crippen LogP contribution in [0.15, 0.2) is 30.8 Å². The molecule has 0 saturated heterocycles. The SMILES string of the molecule is C=C(CCC)c1c([C@H](O)c2ccc(C)cc2)c(C(C)C)nc2c1[C@@H](O)CC(C)(C)C2. The standard InChI is InChI=1S/C27H37NO2/c1-8-9-18(5)22-23-20(14-27(6,7)15-21(23)29)28-25(16(2)3)24(22)26(30)19-12-10-17(4)11-13-19/h10-13,16,21,26,29-30H,5,8-9,14-15H2,1-4,6-7H3/t21-,26+/m0/s1. The Morgan fingerprint density at radius 2 is 1.87 bits per heavy atom. The summed E-state index contributed by atoms with van der Waals surface area (Å²) in [5.74, 6) is 0.153. The number of aliphatic hydroxyl groups is 2. The van der Waals surface area contributed by atoms with E-state index in [1.807, 2.05) is 31.2 Å². The topological polar surface area (TPSA) is 53.4 Å². The Hall–Kier alpha value is -1.97. The average Bonchev–Trinajstić information content (AvgIpc) is 2.65. The lowest BCUT2D eigenvalue weighted by Crippen LogP contribution is -2.29. The molecule has 0 saturated carbocycles. The number of aromatic nitrogens is 1. The molecular weight excluding hydrogens is 370 g/mol. The predicted octanol–water partition coefficient (Wildman–Crippen LogP) is 6.41. The van der Waals surface area contributed by atoms with E-state index in [9.17, 15) is 10.2 Å². The highest BCUT2D eigenvalue weighted by atomic mass is 16.3. The van der Waals surface area contributed by atoms with Crippen molar-refractivity contribution in [1.29, 1.82) is 0 Å². The van der Waals surface area contributed by atoms with Crippen LogP contribution < -0.4 is 0 Å². The maximum atomic E-state index is 11.5. The molecule has 0 radical (unpaired) electrons. The third-order valence-electron chi connectivity index (χ3n) is 6.22. The van der Waals surface area contributed by atoms with Gasteiger partial charge in [0.2, 0.25) is 0 Å². The van der Waals surface area contributed by atoms with Gasteiger partial charge in [-0.2, -0.15) is 0 Å². The van der Waals surface area contributed by atoms with Gasteiger partial charge in [0.05, 0.1) is 6.10 Å². The van der Waals surface area contributed by atoms with Gasteiger partial charge in [-0.15, -0.1) is 0 Å². The number of fused-ring (bicyclic) bond motifs is 1. The summed E-state index contributed by atoms with van der Waals surface area (Å²) in [7, 11) is 0. The molecule has 3 rings (SSSR count). The van der Waals surface area contributed by atoms with Crippen molar-refractivity contribution in [3.05, 3.63) is 70.0 Å². The number of hydrogen-bond acceptors (Lipinski definition) is 3. The Bertz CT molecular complexity index is 925. The number of aryl methyl sites for hydroxylation is 1. The second-order valence-corrected chi connectivity index (χ2v) is 10.0. The molecule has 1 aromatic carbocycles. The summed E-state index contributed by atoms with van der Waals surface area (Å²) in [5, 5.41) is 22.7. The summed E-state index contributed by atoms with van der Waals surface area (Å²) in [6.45, 7) is 17.2. The summed E-state index contributed by atoms with van der Waals surface area (Å²) < 4.78 is 0. The first-order chi connectivity index (χ1) is 14.1. The largest absolute Gasteiger partial charge is 0.388 e. The van der Waals surface area contributed by atoms with Crippen molar-refractivity contribution in [3.8, 4) is 0 Å². The Kier molecular flexibility index (Phi) is 6.54. The first kappa shape index (κ1) is 22.7. The second kappa shape index (κ2) is 8.64. The Labute approximate surface area is 181 Å². The van der Waals surface area contributed by atoms with Gasteiger partial charge in [-0.3, -0.25) is 4.98 Å². The number of benzene rings is 1. The molecule has 30 heavy (non-hydrogen) atoms. The normalized spacial score (nSPS) is 18.9. The van der Waals surface area contributed by atoms with Crippen molar-refractivity contribution in [2.45, 2.75) is 85.4 Å². The summed E-state index contributed by atoms with van der Waals surface area (Å²) in [6, 6.07) is 8.01. The summed E-state index contributed by atoms with van der Waals surface area (Å²) in [6.07, 6.45) is 1.92. The van der Waals surface area contributed by atoms with E-state index in [1.54, 1.807) is 0 Å². The molecular formula is C27H37NO2. The molecule has 2 N–H and O–H groups in total. The van der Waals surface area contributed by atoms with Gasteiger partial charge in [-0.05, 0) is 54.2 Å². The molecule has 1 aromatic heterocycles. The van der Waals surface area contributed by atoms with Crippen molar-refractivity contribution >= 4 is 5.57 Å². The third kappa shape index (κ3) is 4.38. The summed E-state index contributed by atoms with van der Waals surface area (Å²) in [5.41, 5.74) is 7.53. The van der Waals surface area contributed by atoms with E-state index < -0.39 is 12.2 Å². The van der Waals surface area contributed by atoms with Crippen molar-refractivity contribution in [2.75, 3.05) is 0 Å². The quantitative estimate of drug-likeness (QED) is 0.581. The number of allylic oxidation sites excluding steroid dienone is 1. The van der Waals surface area contributed by atoms with Gasteiger partial charge in [0.1, 0.15) is 6.10 Å². The van der Waals surface area contributed by atoms with Crippen LogP contribution in [0.2, 0.25) is 0 Å². The zero-order valence-electron chi connectivity index (χ0n) is 19.4. The van der Waals surface area contributed by atoms with Gasteiger partial charge in [0, 0.05) is 22.5 Å². The van der Waals surface area contributed by atoms with Gasteiger partial charge < -0.3 is 10.2 Å². The van der Waals surface area contributed by atoms with Crippen LogP contribution in [0.5, 0.6) is 0 Å². The van der Waals surface area contributed by atoms with Crippen LogP contribution in [-0.4, -0.2) is 15.2 Å². The number of rotatable bonds is 6. The van der Waals surface area contributed by atoms with E-state index >= 15 is 0 Å². The highest BCUT2D eigenvalue weighted by molar-refractivity contribution is 5.72. The van der Waals surface area contributed by atoms with E-state index in [0.29, 0.717) is 6.42 Å². The summed E-state index contributed by atoms with van der Waals surface area (Å²) >= 11 is 0. The van der Waals surface area contributed by atoms with Gasteiger partial charge in [0.25, 0.3) is 0 Å². The molecule has 3 heteroatoms. The first-order valence-electron chi connectivity index (χ1n) is 11.2. The number of hydrogen-bond donors (Lipinski definition) is 2. The Balaban J connectivity index is 2.32. The van der Waals surface area contributed by atoms with E-state index in [2.05, 4.69) is 41.2 Å². The fourth-order valence-electron chi connectivity index (χ4n) is 4.77. The first-order valence-corrected chi connectivity index (χ1v) is 11.2. The van der Waals surface area contributed by atoms with Crippen molar-refractivity contribution < 1.29 is 10.2 Å². The van der Waals surface area contributed by atoms with E-state index in [-0.39, 0.29) is 11.3 Å². The molecule has 0 aliphatic heterocycles. The highest BCUT2D eigenvalue weighted by Crippen LogP contribution is 2.47. The third-order valence-corrected chi connectivity index (χ3v) is 6.22. The molecule has 162 valence electrons. The molecule has 0 unspecified atom stereocenters. The monoisotopic (exact) mass is 407 g/mol. The molecule has 1 aliphatic rings. The van der Waals surface area contributed by atoms with Crippen LogP contribution in [0, 0.1) is 12.3 Å². The van der Waals surface area contributed by atoms with Gasteiger partial charge >= 0.3 is 0 Å². The zero-order chi connectivity index (χ0) is 22.2. The van der Waals surface area contributed by atoms with Gasteiger partial charge in [-0.25, -0.2) is 0 Å². The molecule has 0 spiro atoms. The van der Waals surface area contributed by atoms with Crippen molar-refractivity contribution in [3.63, 3.8) is 0 Å². The van der Waals surface area contributed by atoms with Crippen molar-refractivity contribution in [2.24, 2.45) is 5.41 Å². The molecule has 1 aliphatic carbocycles. The smallest absolute Gasteiger partial charge is 0.106 e. The van der Waals surface area contributed by atoms with E-state index in [0.717, 1.165) is 64.0 Å². The van der Waals surface area contributed by atoms with Crippen LogP contribution in [0.1, 0.15) is 111 Å². The highest BCUT2D eigenvalue weighted by Gasteiger charge is 2.37. The minimum atomic E-state index is -0.799. The fraction of sp³-hybridized carbons (Fsp3) is 0.519. The minimum absolute atomic E-state index is 0.00584. The number of pyridine rings is 1. The lowest BCUT2D eigenvalue weighted by molar-refractivity contribution is 0.0972. The number of aliphatic hydroxyl groups excluding tert-OH is 2. The van der Waals surface area contributed by atoms with Crippen LogP contribution in [0.4, 0.5) is 0 Å². The molecule has 0 amide bonds. The van der Waals surface area contributed by atoms with Crippen molar-refractivity contribution in [1.82, 2.24) is 4.98 Å². The Morgan fingerprint density at radius 3 is 2.43 bits per heavy atom. The van der Waals surface area contributed by atoms with Crippen LogP contribution in [0.25, 0.3) is 5.57 Å². The van der Waals surface area contributed by atoms with Gasteiger partial charge in [0.15, 0.2) is 0 Å². The molecule has 0 fully saturated rings. The minimum Gasteiger partial charge on any atom is -0.388 e. The molecule has 3 nitrogen and oxygen atoms in total. The average molecular weight is 408 g/mol. The lowest BCUT2D eigenvalue weighted by atomic mass is 9.71. The number of nitrogens with zero attached hydrogens (tertiary/aromatic N) is 1. The maximum Gasteiger partial charge on any atom is 0.106 e. The van der Waals surface area contributed by atoms with Crippen LogP contribution in [0.3, 0.4) is 0 Å². The Morgan fingerprint density at radius 1 is 1.23 bits per heavy atom. The molecule has 0 bridgehead atoms. The predicted molar refractivity (Wildman–Crippen MR) is 125 cm³/mol. The molecule has 1 heterocycles. The van der Waals surface area contributed by atoms with Crippen LogP contribution >= 0.6 is 0 Å². The molecule has 2 aromatic rings. The van der Waals surface area contributed by atoms with Gasteiger partial charge in [-0.1, -0.05) is 77.4 Å². The fourth-order valence-corrected chi connectivity index (χ4v) is 4.77. The van der Waals surface area contributed by atoms with E-state index in [1.165, 1.54) is 0 Å². The maximum absolute atomic E-state index is 11.5. The molecule has 2 atom stereocenters. The zero-order valence-corrected chi connectivity index (χ0v) is 19.4. The lowest BCUT2D eigenvalue weighted by Gasteiger charge is -2.37.